The Balaban J connectivity index is 0.000000937. The van der Waals surface area contributed by atoms with Crippen LogP contribution in [0, 0.1) is 17.8 Å². The largest absolute Gasteiger partial charge is 0.373 e. The van der Waals surface area contributed by atoms with Crippen molar-refractivity contribution in [2.24, 2.45) is 17.8 Å². The molecule has 0 radical (unpaired) electrons. The number of nitrogens with zero attached hydrogens (tertiary/aromatic N) is 4. The van der Waals surface area contributed by atoms with Crippen LogP contribution in [0.1, 0.15) is 75.6 Å². The van der Waals surface area contributed by atoms with E-state index in [1.54, 1.807) is 6.07 Å². The van der Waals surface area contributed by atoms with Gasteiger partial charge in [0, 0.05) is 47.7 Å². The lowest BCUT2D eigenvalue weighted by atomic mass is 9.76. The number of anilines is 2. The molecule has 1 aromatic carbocycles. The highest BCUT2D eigenvalue weighted by Gasteiger charge is 2.40. The number of carbonyl (C=O) groups excluding carboxylic acids is 2. The van der Waals surface area contributed by atoms with E-state index in [9.17, 15) is 0 Å². The number of nitrogens with one attached hydrogen (secondary N) is 1. The Morgan fingerprint density at radius 2 is 1.76 bits per heavy atom. The van der Waals surface area contributed by atoms with Crippen molar-refractivity contribution in [2.45, 2.75) is 70.4 Å². The minimum absolute atomic E-state index is 0.0288. The summed E-state index contributed by atoms with van der Waals surface area (Å²) in [5, 5.41) is 4.92. The van der Waals surface area contributed by atoms with Gasteiger partial charge in [-0.3, -0.25) is 0 Å². The Hall–Kier alpha value is -2.18. The number of halogens is 2. The Bertz CT molecular complexity index is 1160. The molecule has 2 aliphatic heterocycles. The second kappa shape index (κ2) is 11.9. The Labute approximate surface area is 235 Å². The second-order valence-electron chi connectivity index (χ2n) is 11.7. The summed E-state index contributed by atoms with van der Waals surface area (Å²) in [5.41, 5.74) is 2.20. The first-order valence-electron chi connectivity index (χ1n) is 13.9. The zero-order chi connectivity index (χ0) is 26.8. The van der Waals surface area contributed by atoms with E-state index in [-0.39, 0.29) is 12.2 Å². The minimum atomic E-state index is 0.0288. The first-order valence-corrected chi connectivity index (χ1v) is 14.7. The third-order valence-corrected chi connectivity index (χ3v) is 9.30. The van der Waals surface area contributed by atoms with E-state index >= 15 is 0 Å². The molecule has 1 N–H and O–H groups in total. The van der Waals surface area contributed by atoms with Crippen molar-refractivity contribution in [3.63, 3.8) is 0 Å². The molecule has 2 saturated heterocycles. The van der Waals surface area contributed by atoms with Crippen molar-refractivity contribution in [1.82, 2.24) is 14.9 Å². The van der Waals surface area contributed by atoms with Crippen molar-refractivity contribution < 1.29 is 9.59 Å². The topological polar surface area (TPSA) is 78.4 Å². The zero-order valence-electron chi connectivity index (χ0n) is 22.2. The Morgan fingerprint density at radius 3 is 2.42 bits per heavy atom. The molecule has 4 aliphatic rings. The van der Waals surface area contributed by atoms with Crippen LogP contribution in [-0.2, 0) is 9.59 Å². The maximum absolute atomic E-state index is 8.12. The predicted molar refractivity (Wildman–Crippen MR) is 150 cm³/mol. The third-order valence-electron chi connectivity index (χ3n) is 8.74. The van der Waals surface area contributed by atoms with Crippen molar-refractivity contribution in [3.05, 3.63) is 45.6 Å². The maximum atomic E-state index is 8.12. The van der Waals surface area contributed by atoms with Crippen molar-refractivity contribution >= 4 is 41.1 Å². The highest BCUT2D eigenvalue weighted by atomic mass is 35.5. The summed E-state index contributed by atoms with van der Waals surface area (Å²) >= 11 is 12.6. The molecule has 1 aromatic heterocycles. The van der Waals surface area contributed by atoms with Crippen LogP contribution < -0.4 is 10.2 Å². The van der Waals surface area contributed by atoms with Gasteiger partial charge in [-0.2, -0.15) is 14.6 Å². The number of hydrogen-bond acceptors (Lipinski definition) is 7. The molecule has 9 heteroatoms. The summed E-state index contributed by atoms with van der Waals surface area (Å²) in [5.74, 6) is 4.89. The zero-order valence-corrected chi connectivity index (χ0v) is 23.7. The predicted octanol–water partition coefficient (Wildman–Crippen LogP) is 6.20. The third kappa shape index (κ3) is 6.34. The summed E-state index contributed by atoms with van der Waals surface area (Å²) in [6.45, 7) is 9.29. The summed E-state index contributed by atoms with van der Waals surface area (Å²) in [7, 11) is 0. The van der Waals surface area contributed by atoms with Gasteiger partial charge in [-0.25, -0.2) is 4.98 Å². The molecule has 0 bridgehead atoms. The molecule has 38 heavy (non-hydrogen) atoms. The highest BCUT2D eigenvalue weighted by molar-refractivity contribution is 6.35. The molecule has 0 spiro atoms. The quantitative estimate of drug-likeness (QED) is 0.434. The molecule has 2 saturated carbocycles. The van der Waals surface area contributed by atoms with Crippen LogP contribution in [0.4, 0.5) is 11.8 Å². The lowest BCUT2D eigenvalue weighted by Gasteiger charge is -2.50. The highest BCUT2D eigenvalue weighted by Crippen LogP contribution is 2.42. The molecular weight excluding hydrogens is 521 g/mol. The van der Waals surface area contributed by atoms with Gasteiger partial charge in [-0.05, 0) is 87.4 Å². The summed E-state index contributed by atoms with van der Waals surface area (Å²) in [6, 6.07) is 8.70. The van der Waals surface area contributed by atoms with E-state index in [4.69, 9.17) is 42.8 Å². The van der Waals surface area contributed by atoms with E-state index in [0.29, 0.717) is 16.0 Å². The molecule has 3 heterocycles. The molecular formula is C29H37Cl2N5O2. The smallest absolute Gasteiger partial charge is 0.363 e. The second-order valence-corrected chi connectivity index (χ2v) is 12.5. The van der Waals surface area contributed by atoms with Gasteiger partial charge >= 0.3 is 6.15 Å². The normalized spacial score (nSPS) is 26.3. The van der Waals surface area contributed by atoms with Gasteiger partial charge in [0.15, 0.2) is 0 Å². The molecule has 2 aliphatic carbocycles. The van der Waals surface area contributed by atoms with Gasteiger partial charge in [0.2, 0.25) is 5.95 Å². The van der Waals surface area contributed by atoms with Crippen LogP contribution in [0.5, 0.6) is 0 Å². The SMILES string of the molecule is CC1CC(N2CCC[C@H](C3CN(c4nc(N[C@H](C)c5ccc(Cl)cc5Cl)cc(C5CC5)n4)C3)C2)C1.O=C=O. The first-order chi connectivity index (χ1) is 18.3. The number of likely N-dealkylation sites (tertiary alicyclic amines) is 1. The van der Waals surface area contributed by atoms with Crippen LogP contribution in [0.15, 0.2) is 24.3 Å². The maximum Gasteiger partial charge on any atom is 0.373 e. The molecule has 2 atom stereocenters. The fourth-order valence-corrected chi connectivity index (χ4v) is 6.87. The van der Waals surface area contributed by atoms with Crippen LogP contribution in [0.25, 0.3) is 0 Å². The van der Waals surface area contributed by atoms with E-state index in [2.05, 4.69) is 35.0 Å². The average Bonchev–Trinajstić information content (AvgIpc) is 3.67. The van der Waals surface area contributed by atoms with E-state index < -0.39 is 0 Å². The summed E-state index contributed by atoms with van der Waals surface area (Å²) in [6.07, 6.45) is 8.26. The summed E-state index contributed by atoms with van der Waals surface area (Å²) in [4.78, 5) is 31.4. The molecule has 0 unspecified atom stereocenters. The van der Waals surface area contributed by atoms with Gasteiger partial charge in [-0.1, -0.05) is 36.2 Å². The fraction of sp³-hybridized carbons (Fsp3) is 0.621. The molecule has 0 amide bonds. The molecule has 7 nitrogen and oxygen atoms in total. The van der Waals surface area contributed by atoms with Gasteiger partial charge in [0.25, 0.3) is 0 Å². The Kier molecular flexibility index (Phi) is 8.59. The van der Waals surface area contributed by atoms with Crippen molar-refractivity contribution in [3.8, 4) is 0 Å². The van der Waals surface area contributed by atoms with E-state index in [1.807, 2.05) is 12.1 Å². The number of aromatic nitrogens is 2. The molecule has 2 aromatic rings. The Morgan fingerprint density at radius 1 is 1.03 bits per heavy atom. The standard InChI is InChI=1S/C28H37Cl2N5.CO2/c1-17-10-23(11-17)34-9-3-4-20(14-34)21-15-35(16-21)28-32-26(19-5-6-19)13-27(33-28)31-18(2)24-8-7-22(29)12-25(24)30;2-1-3/h7-8,12-13,17-21,23H,3-6,9-11,14-16H2,1-2H3,(H,31,32,33);/t17?,18-,20+,23?;/m1./s1. The van der Waals surface area contributed by atoms with Crippen molar-refractivity contribution in [1.29, 1.82) is 0 Å². The summed E-state index contributed by atoms with van der Waals surface area (Å²) < 4.78 is 0. The fourth-order valence-electron chi connectivity index (χ4n) is 6.30. The number of hydrogen-bond donors (Lipinski definition) is 1. The first kappa shape index (κ1) is 27.4. The van der Waals surface area contributed by atoms with Crippen molar-refractivity contribution in [2.75, 3.05) is 36.4 Å². The lowest BCUT2D eigenvalue weighted by molar-refractivity contribution is -0.191. The van der Waals surface area contributed by atoms with Gasteiger partial charge in [0.05, 0.1) is 11.7 Å². The molecule has 4 fully saturated rings. The lowest BCUT2D eigenvalue weighted by Crippen LogP contribution is -2.56. The van der Waals surface area contributed by atoms with Gasteiger partial charge in [0.1, 0.15) is 5.82 Å². The van der Waals surface area contributed by atoms with Crippen LogP contribution >= 0.6 is 23.2 Å². The molecule has 6 rings (SSSR count). The van der Waals surface area contributed by atoms with E-state index in [1.165, 1.54) is 57.3 Å². The monoisotopic (exact) mass is 557 g/mol. The van der Waals surface area contributed by atoms with Gasteiger partial charge < -0.3 is 15.1 Å². The van der Waals surface area contributed by atoms with Crippen LogP contribution in [-0.4, -0.2) is 53.2 Å². The number of piperidine rings is 1. The van der Waals surface area contributed by atoms with E-state index in [0.717, 1.165) is 54.2 Å². The minimum Gasteiger partial charge on any atom is -0.363 e. The number of benzene rings is 1. The van der Waals surface area contributed by atoms with Crippen LogP contribution in [0.2, 0.25) is 10.0 Å². The van der Waals surface area contributed by atoms with Gasteiger partial charge in [-0.15, -0.1) is 0 Å². The molecule has 204 valence electrons. The van der Waals surface area contributed by atoms with Crippen LogP contribution in [0.3, 0.4) is 0 Å². The number of rotatable bonds is 7. The average molecular weight is 559 g/mol.